The molecule has 2 N–H and O–H groups in total. The summed E-state index contributed by atoms with van der Waals surface area (Å²) < 4.78 is 17.2. The Morgan fingerprint density at radius 3 is 2.68 bits per heavy atom. The maximum Gasteiger partial charge on any atom is 0.343 e. The van der Waals surface area contributed by atoms with Crippen LogP contribution in [0.4, 0.5) is 0 Å². The number of carbonyl (C=O) groups is 1. The number of esters is 1. The molecule has 172 valence electrons. The zero-order valence-electron chi connectivity index (χ0n) is 19.2. The van der Waals surface area contributed by atoms with Crippen LogP contribution < -0.4 is 19.9 Å². The quantitative estimate of drug-likeness (QED) is 0.283. The summed E-state index contributed by atoms with van der Waals surface area (Å²) in [7, 11) is 0. The third kappa shape index (κ3) is 4.89. The zero-order valence-corrected chi connectivity index (χ0v) is 19.2. The van der Waals surface area contributed by atoms with Crippen molar-refractivity contribution in [3.63, 3.8) is 0 Å². The minimum Gasteiger partial charge on any atom is -0.494 e. The van der Waals surface area contributed by atoms with E-state index in [4.69, 9.17) is 19.9 Å². The fraction of sp³-hybridized carbons (Fsp3) is 0.214. The van der Waals surface area contributed by atoms with Crippen molar-refractivity contribution in [2.45, 2.75) is 32.6 Å². The van der Waals surface area contributed by atoms with Gasteiger partial charge in [-0.15, -0.1) is 0 Å². The Bertz CT molecular complexity index is 1290. The second-order valence-electron chi connectivity index (χ2n) is 8.16. The largest absolute Gasteiger partial charge is 0.494 e. The molecule has 0 spiro atoms. The van der Waals surface area contributed by atoms with Gasteiger partial charge in [0.2, 0.25) is 5.88 Å². The highest BCUT2D eigenvalue weighted by atomic mass is 16.5. The fourth-order valence-electron chi connectivity index (χ4n) is 3.90. The second-order valence-corrected chi connectivity index (χ2v) is 8.16. The predicted octanol–water partition coefficient (Wildman–Crippen LogP) is 5.61. The van der Waals surface area contributed by atoms with Crippen LogP contribution >= 0.6 is 0 Å². The Balaban J connectivity index is 1.65. The highest BCUT2D eigenvalue weighted by molar-refractivity contribution is 5.91. The van der Waals surface area contributed by atoms with Crippen molar-refractivity contribution in [2.75, 3.05) is 6.61 Å². The second kappa shape index (κ2) is 10.1. The van der Waals surface area contributed by atoms with Crippen molar-refractivity contribution in [1.29, 1.82) is 5.26 Å². The molecule has 6 heteroatoms. The number of allylic oxidation sites excluding steroid dienone is 1. The molecule has 0 fully saturated rings. The summed E-state index contributed by atoms with van der Waals surface area (Å²) in [5, 5.41) is 9.81. The number of benzene rings is 3. The van der Waals surface area contributed by atoms with Crippen LogP contribution in [-0.2, 0) is 0 Å². The van der Waals surface area contributed by atoms with E-state index in [9.17, 15) is 10.1 Å². The monoisotopic (exact) mass is 454 g/mol. The van der Waals surface area contributed by atoms with Crippen molar-refractivity contribution >= 4 is 5.97 Å². The molecule has 1 atom stereocenters. The first-order chi connectivity index (χ1) is 16.5. The van der Waals surface area contributed by atoms with E-state index in [-0.39, 0.29) is 5.88 Å². The van der Waals surface area contributed by atoms with Crippen molar-refractivity contribution in [2.24, 2.45) is 5.73 Å². The van der Waals surface area contributed by atoms with E-state index in [1.165, 1.54) is 0 Å². The first kappa shape index (κ1) is 22.9. The lowest BCUT2D eigenvalue weighted by Gasteiger charge is -2.27. The molecule has 1 aliphatic rings. The van der Waals surface area contributed by atoms with Gasteiger partial charge < -0.3 is 19.9 Å². The van der Waals surface area contributed by atoms with Crippen LogP contribution in [0.25, 0.3) is 0 Å². The standard InChI is InChI=1S/C28H26N2O4/c1-3-4-13-32-21-10-6-8-19(15-21)26-23-12-11-22(16-25(23)34-27(30)24(26)17-29)33-28(31)20-9-5-7-18(2)14-20/h5-12,14-16,26H,3-4,13,30H2,1-2H3/t26-/m1/s1. The summed E-state index contributed by atoms with van der Waals surface area (Å²) in [4.78, 5) is 12.6. The zero-order chi connectivity index (χ0) is 24.1. The van der Waals surface area contributed by atoms with Crippen LogP contribution in [0.2, 0.25) is 0 Å². The summed E-state index contributed by atoms with van der Waals surface area (Å²) in [5.74, 6) is 0.638. The van der Waals surface area contributed by atoms with Crippen molar-refractivity contribution in [3.05, 3.63) is 100 Å². The number of nitrogens with zero attached hydrogens (tertiary/aromatic N) is 1. The number of ether oxygens (including phenoxy) is 3. The van der Waals surface area contributed by atoms with Gasteiger partial charge in [0.1, 0.15) is 28.9 Å². The summed E-state index contributed by atoms with van der Waals surface area (Å²) in [6, 6.07) is 22.1. The molecule has 0 aliphatic carbocycles. The van der Waals surface area contributed by atoms with Crippen molar-refractivity contribution < 1.29 is 19.0 Å². The summed E-state index contributed by atoms with van der Waals surface area (Å²) in [5.41, 5.74) is 9.49. The number of unbranched alkanes of at least 4 members (excludes halogenated alkanes) is 1. The predicted molar refractivity (Wildman–Crippen MR) is 129 cm³/mol. The van der Waals surface area contributed by atoms with Gasteiger partial charge in [-0.3, -0.25) is 0 Å². The number of carbonyl (C=O) groups excluding carboxylic acids is 1. The van der Waals surface area contributed by atoms with Gasteiger partial charge in [-0.25, -0.2) is 4.79 Å². The van der Waals surface area contributed by atoms with Crippen LogP contribution in [0.1, 0.15) is 52.7 Å². The third-order valence-electron chi connectivity index (χ3n) is 5.61. The fourth-order valence-corrected chi connectivity index (χ4v) is 3.90. The van der Waals surface area contributed by atoms with Crippen LogP contribution in [-0.4, -0.2) is 12.6 Å². The Labute approximate surface area is 199 Å². The molecule has 34 heavy (non-hydrogen) atoms. The van der Waals surface area contributed by atoms with E-state index < -0.39 is 11.9 Å². The summed E-state index contributed by atoms with van der Waals surface area (Å²) in [6.45, 7) is 4.65. The van der Waals surface area contributed by atoms with E-state index >= 15 is 0 Å². The molecule has 6 nitrogen and oxygen atoms in total. The first-order valence-corrected chi connectivity index (χ1v) is 11.2. The molecule has 0 unspecified atom stereocenters. The average Bonchev–Trinajstić information content (AvgIpc) is 2.83. The van der Waals surface area contributed by atoms with Crippen LogP contribution in [0, 0.1) is 18.3 Å². The Hall–Kier alpha value is -4.24. The molecule has 1 aliphatic heterocycles. The first-order valence-electron chi connectivity index (χ1n) is 11.2. The van der Waals surface area contributed by atoms with Crippen molar-refractivity contribution in [3.8, 4) is 23.3 Å². The van der Waals surface area contributed by atoms with E-state index in [0.29, 0.717) is 29.2 Å². The topological polar surface area (TPSA) is 94.6 Å². The SMILES string of the molecule is CCCCOc1cccc([C@H]2C(C#N)=C(N)Oc3cc(OC(=O)c4cccc(C)c4)ccc32)c1. The van der Waals surface area contributed by atoms with E-state index in [1.807, 2.05) is 43.3 Å². The lowest BCUT2D eigenvalue weighted by Crippen LogP contribution is -2.21. The van der Waals surface area contributed by atoms with E-state index in [2.05, 4.69) is 13.0 Å². The molecule has 0 bridgehead atoms. The van der Waals surface area contributed by atoms with Crippen molar-refractivity contribution in [1.82, 2.24) is 0 Å². The van der Waals surface area contributed by atoms with Gasteiger partial charge in [0.05, 0.1) is 18.1 Å². The minimum absolute atomic E-state index is 0.0273. The minimum atomic E-state index is -0.464. The molecule has 3 aromatic rings. The molecule has 0 saturated heterocycles. The Morgan fingerprint density at radius 1 is 1.09 bits per heavy atom. The molecular weight excluding hydrogens is 428 g/mol. The Kier molecular flexibility index (Phi) is 6.84. The normalized spacial score (nSPS) is 14.6. The lowest BCUT2D eigenvalue weighted by molar-refractivity contribution is 0.0734. The number of nitrogens with two attached hydrogens (primary N) is 1. The highest BCUT2D eigenvalue weighted by Crippen LogP contribution is 2.44. The number of aryl methyl sites for hydroxylation is 1. The summed E-state index contributed by atoms with van der Waals surface area (Å²) >= 11 is 0. The van der Waals surface area contributed by atoms with E-state index in [0.717, 1.165) is 35.3 Å². The molecule has 0 aromatic heterocycles. The molecule has 0 amide bonds. The molecular formula is C28H26N2O4. The maximum absolute atomic E-state index is 12.6. The van der Waals surface area contributed by atoms with Gasteiger partial charge >= 0.3 is 5.97 Å². The van der Waals surface area contributed by atoms with Crippen LogP contribution in [0.3, 0.4) is 0 Å². The summed E-state index contributed by atoms with van der Waals surface area (Å²) in [6.07, 6.45) is 2.01. The number of hydrogen-bond acceptors (Lipinski definition) is 6. The molecule has 4 rings (SSSR count). The van der Waals surface area contributed by atoms with Gasteiger partial charge in [-0.05, 0) is 49.2 Å². The number of rotatable bonds is 7. The van der Waals surface area contributed by atoms with Gasteiger partial charge in [0, 0.05) is 11.6 Å². The highest BCUT2D eigenvalue weighted by Gasteiger charge is 2.31. The lowest BCUT2D eigenvalue weighted by atomic mass is 9.83. The van der Waals surface area contributed by atoms with Gasteiger partial charge in [0.15, 0.2) is 0 Å². The number of fused-ring (bicyclic) bond motifs is 1. The molecule has 0 radical (unpaired) electrons. The smallest absolute Gasteiger partial charge is 0.343 e. The van der Waals surface area contributed by atoms with Crippen LogP contribution in [0.5, 0.6) is 17.2 Å². The average molecular weight is 455 g/mol. The molecule has 0 saturated carbocycles. The Morgan fingerprint density at radius 2 is 1.91 bits per heavy atom. The van der Waals surface area contributed by atoms with Gasteiger partial charge in [-0.2, -0.15) is 5.26 Å². The van der Waals surface area contributed by atoms with Gasteiger partial charge in [0.25, 0.3) is 0 Å². The number of nitriles is 1. The van der Waals surface area contributed by atoms with Crippen LogP contribution in [0.15, 0.2) is 78.2 Å². The third-order valence-corrected chi connectivity index (χ3v) is 5.61. The van der Waals surface area contributed by atoms with Gasteiger partial charge in [-0.1, -0.05) is 49.2 Å². The maximum atomic E-state index is 12.6. The molecule has 1 heterocycles. The molecule has 3 aromatic carbocycles. The number of hydrogen-bond donors (Lipinski definition) is 1. The van der Waals surface area contributed by atoms with E-state index in [1.54, 1.807) is 30.3 Å².